The highest BCUT2D eigenvalue weighted by Gasteiger charge is 2.51. The van der Waals surface area contributed by atoms with E-state index in [4.69, 9.17) is 10.5 Å². The number of nitro groups is 1. The molecule has 1 aromatic rings. The lowest BCUT2D eigenvalue weighted by molar-refractivity contribution is -0.525. The summed E-state index contributed by atoms with van der Waals surface area (Å²) in [6.07, 6.45) is 11.4. The first-order valence-electron chi connectivity index (χ1n) is 17.2. The minimum atomic E-state index is -1.03. The van der Waals surface area contributed by atoms with Crippen molar-refractivity contribution in [3.05, 3.63) is 39.9 Å². The van der Waals surface area contributed by atoms with E-state index < -0.39 is 29.2 Å². The number of rotatable bonds is 11. The number of aryl methyl sites for hydroxylation is 1. The second kappa shape index (κ2) is 14.0. The topological polar surface area (TPSA) is 184 Å². The van der Waals surface area contributed by atoms with Crippen LogP contribution in [0.4, 0.5) is 10.5 Å². The maximum Gasteiger partial charge on any atom is 0.410 e. The summed E-state index contributed by atoms with van der Waals surface area (Å²) in [5.74, 6) is 0.714. The van der Waals surface area contributed by atoms with Gasteiger partial charge < -0.3 is 15.6 Å². The molecule has 0 spiro atoms. The average molecular weight is 654 g/mol. The quantitative estimate of drug-likeness (QED) is 0.137. The molecule has 0 radical (unpaired) electrons. The molecule has 7 rings (SSSR count). The lowest BCUT2D eigenvalue weighted by Gasteiger charge is -2.57. The van der Waals surface area contributed by atoms with Gasteiger partial charge in [-0.3, -0.25) is 14.7 Å². The number of carbonyl (C=O) groups excluding carboxylic acids is 2. The van der Waals surface area contributed by atoms with E-state index in [2.05, 4.69) is 4.99 Å². The fourth-order valence-electron chi connectivity index (χ4n) is 9.52. The van der Waals surface area contributed by atoms with Crippen molar-refractivity contribution in [2.45, 2.75) is 95.6 Å². The summed E-state index contributed by atoms with van der Waals surface area (Å²) in [6, 6.07) is 5.33. The molecule has 0 aromatic heterocycles. The molecule has 2 saturated heterocycles. The Morgan fingerprint density at radius 3 is 2.34 bits per heavy atom. The molecule has 256 valence electrons. The third-order valence-electron chi connectivity index (χ3n) is 11.1. The first kappa shape index (κ1) is 33.0. The number of carboxylic acid groups (broad SMARTS) is 1. The van der Waals surface area contributed by atoms with Crippen molar-refractivity contribution in [2.24, 2.45) is 33.9 Å². The Bertz CT molecular complexity index is 1330. The number of aliphatic carboxylic acids is 1. The maximum atomic E-state index is 14.1. The van der Waals surface area contributed by atoms with Crippen LogP contribution in [0.1, 0.15) is 82.6 Å². The standard InChI is InChI=1S/C33H47N7O7/c34-31(36-40(45)46)35-26-9-7-22(8-10-26)4-1-14-38(27-5-2-12-37-13-3-6-28(30(42)43)39(37)29(27)41)32(44)47-15-11-33-19-23-16-24(20-33)18-25(17-23)21-33/h7-10,23-25,27-28H,1-6,11-21H2,(H,42,43)(H3,34,35,36)/t23?,24?,25?,27-,28-,33?/m0/s1. The summed E-state index contributed by atoms with van der Waals surface area (Å²) in [4.78, 5) is 56.2. The molecule has 4 bridgehead atoms. The molecule has 14 heteroatoms. The van der Waals surface area contributed by atoms with Crippen LogP contribution in [0.5, 0.6) is 0 Å². The van der Waals surface area contributed by atoms with Gasteiger partial charge in [0.15, 0.2) is 5.03 Å². The monoisotopic (exact) mass is 653 g/mol. The number of nitrogens with zero attached hydrogens (tertiary/aromatic N) is 5. The van der Waals surface area contributed by atoms with Crippen molar-refractivity contribution in [3.63, 3.8) is 0 Å². The van der Waals surface area contributed by atoms with Crippen molar-refractivity contribution < 1.29 is 29.3 Å². The number of carbonyl (C=O) groups is 3. The van der Waals surface area contributed by atoms with Crippen molar-refractivity contribution in [1.82, 2.24) is 20.3 Å². The van der Waals surface area contributed by atoms with Gasteiger partial charge in [-0.25, -0.2) is 29.7 Å². The number of carboxylic acids is 1. The van der Waals surface area contributed by atoms with Crippen molar-refractivity contribution in [3.8, 4) is 0 Å². The molecular formula is C33H47N7O7. The number of guanidine groups is 1. The number of nitrogens with one attached hydrogen (secondary N) is 1. The number of benzene rings is 1. The smallest absolute Gasteiger partial charge is 0.410 e. The SMILES string of the molecule is NC(=Nc1ccc(CCCN(C(=O)OCCC23CC4CC(CC(C4)C2)C3)[C@H]2CCCN3CCC[C@@H](C(=O)O)N3C2=O)cc1)N[N+](=O)[O-]. The van der Waals surface area contributed by atoms with Gasteiger partial charge in [0, 0.05) is 19.6 Å². The first-order chi connectivity index (χ1) is 22.6. The molecule has 2 heterocycles. The number of nitrogens with two attached hydrogens (primary N) is 1. The molecule has 4 N–H and O–H groups in total. The molecule has 6 fully saturated rings. The van der Waals surface area contributed by atoms with Crippen molar-refractivity contribution >= 4 is 29.6 Å². The summed E-state index contributed by atoms with van der Waals surface area (Å²) < 4.78 is 5.98. The first-order valence-corrected chi connectivity index (χ1v) is 17.2. The highest BCUT2D eigenvalue weighted by molar-refractivity contribution is 5.89. The largest absolute Gasteiger partial charge is 0.480 e. The van der Waals surface area contributed by atoms with Crippen molar-refractivity contribution in [2.75, 3.05) is 26.2 Å². The van der Waals surface area contributed by atoms with E-state index >= 15 is 0 Å². The fourth-order valence-corrected chi connectivity index (χ4v) is 9.52. The summed E-state index contributed by atoms with van der Waals surface area (Å²) in [5.41, 5.74) is 9.02. The van der Waals surface area contributed by atoms with Gasteiger partial charge in [-0.05, 0) is 124 Å². The van der Waals surface area contributed by atoms with Gasteiger partial charge in [-0.1, -0.05) is 17.6 Å². The third-order valence-corrected chi connectivity index (χ3v) is 11.1. The zero-order valence-corrected chi connectivity index (χ0v) is 26.9. The Balaban J connectivity index is 1.13. The Morgan fingerprint density at radius 2 is 1.72 bits per heavy atom. The highest BCUT2D eigenvalue weighted by atomic mass is 16.7. The number of hydrogen-bond acceptors (Lipinski definition) is 8. The van der Waals surface area contributed by atoms with E-state index in [1.165, 1.54) is 43.5 Å². The molecule has 4 saturated carbocycles. The van der Waals surface area contributed by atoms with E-state index in [1.807, 2.05) is 22.6 Å². The summed E-state index contributed by atoms with van der Waals surface area (Å²) in [5, 5.41) is 23.0. The van der Waals surface area contributed by atoms with Crippen LogP contribution in [0.3, 0.4) is 0 Å². The number of aliphatic imine (C=N–C) groups is 1. The van der Waals surface area contributed by atoms with Gasteiger partial charge >= 0.3 is 12.1 Å². The second-order valence-electron chi connectivity index (χ2n) is 14.4. The van der Waals surface area contributed by atoms with Crippen LogP contribution in [0.2, 0.25) is 0 Å². The number of hydrazine groups is 2. The Morgan fingerprint density at radius 1 is 1.09 bits per heavy atom. The number of amides is 2. The number of ether oxygens (including phenoxy) is 1. The predicted molar refractivity (Wildman–Crippen MR) is 172 cm³/mol. The molecule has 47 heavy (non-hydrogen) atoms. The third kappa shape index (κ3) is 7.63. The Kier molecular flexibility index (Phi) is 9.85. The van der Waals surface area contributed by atoms with Crippen LogP contribution in [0, 0.1) is 33.3 Å². The minimum absolute atomic E-state index is 0.265. The molecule has 4 aliphatic carbocycles. The van der Waals surface area contributed by atoms with Gasteiger partial charge in [0.05, 0.1) is 12.3 Å². The van der Waals surface area contributed by atoms with Crippen LogP contribution < -0.4 is 11.2 Å². The molecule has 0 unspecified atom stereocenters. The fraction of sp³-hybridized carbons (Fsp3) is 0.697. The normalized spacial score (nSPS) is 30.4. The zero-order valence-electron chi connectivity index (χ0n) is 26.9. The van der Waals surface area contributed by atoms with Crippen LogP contribution in [-0.2, 0) is 20.7 Å². The van der Waals surface area contributed by atoms with Gasteiger partial charge in [-0.2, -0.15) is 0 Å². The van der Waals surface area contributed by atoms with Gasteiger partial charge in [0.25, 0.3) is 11.9 Å². The maximum absolute atomic E-state index is 14.1. The van der Waals surface area contributed by atoms with E-state index in [9.17, 15) is 29.6 Å². The highest BCUT2D eigenvalue weighted by Crippen LogP contribution is 2.61. The lowest BCUT2D eigenvalue weighted by Crippen LogP contribution is -2.61. The second-order valence-corrected chi connectivity index (χ2v) is 14.4. The van der Waals surface area contributed by atoms with Crippen LogP contribution in [0.25, 0.3) is 0 Å². The molecule has 2 amide bonds. The van der Waals surface area contributed by atoms with E-state index in [0.717, 1.165) is 29.7 Å². The van der Waals surface area contributed by atoms with E-state index in [-0.39, 0.29) is 23.8 Å². The van der Waals surface area contributed by atoms with Gasteiger partial charge in [-0.15, -0.1) is 0 Å². The molecule has 1 aromatic carbocycles. The van der Waals surface area contributed by atoms with Crippen LogP contribution in [-0.4, -0.2) is 87.3 Å². The number of hydrogen-bond donors (Lipinski definition) is 3. The van der Waals surface area contributed by atoms with Gasteiger partial charge in [0.2, 0.25) is 0 Å². The zero-order chi connectivity index (χ0) is 33.1. The van der Waals surface area contributed by atoms with Crippen LogP contribution in [0.15, 0.2) is 29.3 Å². The van der Waals surface area contributed by atoms with E-state index in [1.54, 1.807) is 17.0 Å². The predicted octanol–water partition coefficient (Wildman–Crippen LogP) is 3.85. The van der Waals surface area contributed by atoms with Crippen molar-refractivity contribution in [1.29, 1.82) is 0 Å². The molecule has 14 nitrogen and oxygen atoms in total. The van der Waals surface area contributed by atoms with Gasteiger partial charge in [0.1, 0.15) is 12.1 Å². The average Bonchev–Trinajstić information content (AvgIpc) is 3.17. The molecule has 2 aliphatic heterocycles. The number of fused-ring (bicyclic) bond motifs is 1. The molecular weight excluding hydrogens is 606 g/mol. The van der Waals surface area contributed by atoms with Crippen LogP contribution >= 0.6 is 0 Å². The van der Waals surface area contributed by atoms with E-state index in [0.29, 0.717) is 63.9 Å². The summed E-state index contributed by atoms with van der Waals surface area (Å²) >= 11 is 0. The minimum Gasteiger partial charge on any atom is -0.480 e. The summed E-state index contributed by atoms with van der Waals surface area (Å²) in [6.45, 7) is 1.78. The Hall–Kier alpha value is -3.94. The molecule has 6 aliphatic rings. The lowest BCUT2D eigenvalue weighted by atomic mass is 9.49. The summed E-state index contributed by atoms with van der Waals surface area (Å²) in [7, 11) is 0. The molecule has 2 atom stereocenters. The Labute approximate surface area is 274 Å².